The summed E-state index contributed by atoms with van der Waals surface area (Å²) in [7, 11) is 5.33. The number of amides is 1. The minimum Gasteiger partial charge on any atom is -0.356 e. The molecule has 0 bridgehead atoms. The summed E-state index contributed by atoms with van der Waals surface area (Å²) in [5.41, 5.74) is 3.19. The summed E-state index contributed by atoms with van der Waals surface area (Å²) >= 11 is 0. The van der Waals surface area contributed by atoms with Gasteiger partial charge in [-0.1, -0.05) is 56.3 Å². The van der Waals surface area contributed by atoms with Crippen molar-refractivity contribution in [1.82, 2.24) is 15.5 Å². The summed E-state index contributed by atoms with van der Waals surface area (Å²) in [6.45, 7) is 6.07. The van der Waals surface area contributed by atoms with Crippen LogP contribution in [-0.2, 0) is 6.42 Å². The SMILES string of the molecule is CN=C(NCCc1cccc(C(=O)N(C)C)c1)NCC(c1ccccc1)C(C)C.I. The number of benzene rings is 2. The van der Waals surface area contributed by atoms with Gasteiger partial charge in [0.15, 0.2) is 5.96 Å². The van der Waals surface area contributed by atoms with Crippen molar-refractivity contribution < 1.29 is 4.79 Å². The van der Waals surface area contributed by atoms with Crippen LogP contribution < -0.4 is 10.6 Å². The molecule has 0 fully saturated rings. The van der Waals surface area contributed by atoms with E-state index in [0.717, 1.165) is 36.6 Å². The fraction of sp³-hybridized carbons (Fsp3) is 0.417. The summed E-state index contributed by atoms with van der Waals surface area (Å²) < 4.78 is 0. The third-order valence-electron chi connectivity index (χ3n) is 5.03. The van der Waals surface area contributed by atoms with Crippen molar-refractivity contribution in [3.05, 3.63) is 71.3 Å². The monoisotopic (exact) mass is 522 g/mol. The van der Waals surface area contributed by atoms with Crippen molar-refractivity contribution in [2.75, 3.05) is 34.2 Å². The first kappa shape index (κ1) is 25.9. The van der Waals surface area contributed by atoms with Gasteiger partial charge in [-0.15, -0.1) is 24.0 Å². The van der Waals surface area contributed by atoms with Crippen LogP contribution in [-0.4, -0.2) is 51.0 Å². The molecule has 0 heterocycles. The number of aliphatic imine (C=N–C) groups is 1. The lowest BCUT2D eigenvalue weighted by molar-refractivity contribution is 0.0827. The number of rotatable bonds is 8. The van der Waals surface area contributed by atoms with Gasteiger partial charge < -0.3 is 15.5 Å². The lowest BCUT2D eigenvalue weighted by atomic mass is 9.88. The summed E-state index contributed by atoms with van der Waals surface area (Å²) in [5, 5.41) is 6.84. The molecule has 0 saturated heterocycles. The summed E-state index contributed by atoms with van der Waals surface area (Å²) in [6, 6.07) is 18.4. The number of carbonyl (C=O) groups is 1. The van der Waals surface area contributed by atoms with Crippen LogP contribution in [0.5, 0.6) is 0 Å². The van der Waals surface area contributed by atoms with Gasteiger partial charge in [0.05, 0.1) is 0 Å². The summed E-state index contributed by atoms with van der Waals surface area (Å²) in [6.07, 6.45) is 0.821. The molecular weight excluding hydrogens is 487 g/mol. The fourth-order valence-corrected chi connectivity index (χ4v) is 3.31. The molecule has 2 rings (SSSR count). The first-order chi connectivity index (χ1) is 13.9. The van der Waals surface area contributed by atoms with E-state index < -0.39 is 0 Å². The van der Waals surface area contributed by atoms with E-state index in [4.69, 9.17) is 0 Å². The maximum Gasteiger partial charge on any atom is 0.253 e. The van der Waals surface area contributed by atoms with Crippen LogP contribution in [0.2, 0.25) is 0 Å². The average Bonchev–Trinajstić information content (AvgIpc) is 2.72. The second-order valence-corrected chi connectivity index (χ2v) is 7.79. The van der Waals surface area contributed by atoms with Crippen molar-refractivity contribution in [3.8, 4) is 0 Å². The van der Waals surface area contributed by atoms with Gasteiger partial charge in [0.1, 0.15) is 0 Å². The van der Waals surface area contributed by atoms with E-state index in [-0.39, 0.29) is 29.9 Å². The molecule has 0 aliphatic heterocycles. The molecule has 2 aromatic carbocycles. The predicted molar refractivity (Wildman–Crippen MR) is 137 cm³/mol. The van der Waals surface area contributed by atoms with Gasteiger partial charge >= 0.3 is 0 Å². The van der Waals surface area contributed by atoms with E-state index in [0.29, 0.717) is 11.8 Å². The number of carbonyl (C=O) groups excluding carboxylic acids is 1. The molecule has 5 nitrogen and oxygen atoms in total. The van der Waals surface area contributed by atoms with Gasteiger partial charge in [0, 0.05) is 45.7 Å². The second kappa shape index (κ2) is 13.3. The molecule has 30 heavy (non-hydrogen) atoms. The van der Waals surface area contributed by atoms with Gasteiger partial charge in [-0.2, -0.15) is 0 Å². The molecule has 2 N–H and O–H groups in total. The Morgan fingerprint density at radius 2 is 1.73 bits per heavy atom. The van der Waals surface area contributed by atoms with Crippen molar-refractivity contribution in [1.29, 1.82) is 0 Å². The number of guanidine groups is 1. The minimum absolute atomic E-state index is 0. The van der Waals surface area contributed by atoms with Crippen molar-refractivity contribution in [2.45, 2.75) is 26.2 Å². The van der Waals surface area contributed by atoms with E-state index in [9.17, 15) is 4.79 Å². The Balaban J connectivity index is 0.00000450. The Morgan fingerprint density at radius 1 is 1.03 bits per heavy atom. The van der Waals surface area contributed by atoms with E-state index >= 15 is 0 Å². The second-order valence-electron chi connectivity index (χ2n) is 7.79. The molecule has 1 amide bonds. The minimum atomic E-state index is 0. The maximum atomic E-state index is 12.1. The predicted octanol–water partition coefficient (Wildman–Crippen LogP) is 4.15. The van der Waals surface area contributed by atoms with Gasteiger partial charge in [-0.25, -0.2) is 0 Å². The molecule has 1 unspecified atom stereocenters. The first-order valence-electron chi connectivity index (χ1n) is 10.2. The Hall–Kier alpha value is -2.09. The zero-order valence-corrected chi connectivity index (χ0v) is 21.0. The number of halogens is 1. The summed E-state index contributed by atoms with van der Waals surface area (Å²) in [5.74, 6) is 1.77. The Labute approximate surface area is 198 Å². The van der Waals surface area contributed by atoms with Crippen molar-refractivity contribution >= 4 is 35.8 Å². The van der Waals surface area contributed by atoms with E-state index in [2.05, 4.69) is 65.9 Å². The number of hydrogen-bond donors (Lipinski definition) is 2. The van der Waals surface area contributed by atoms with Gasteiger partial charge in [0.25, 0.3) is 5.91 Å². The Morgan fingerprint density at radius 3 is 2.33 bits per heavy atom. The van der Waals surface area contributed by atoms with Gasteiger partial charge in [-0.3, -0.25) is 9.79 Å². The lowest BCUT2D eigenvalue weighted by Gasteiger charge is -2.23. The molecular formula is C24H35IN4O. The molecule has 0 aliphatic rings. The third kappa shape index (κ3) is 7.97. The molecule has 164 valence electrons. The largest absolute Gasteiger partial charge is 0.356 e. The van der Waals surface area contributed by atoms with Gasteiger partial charge in [0.2, 0.25) is 0 Å². The highest BCUT2D eigenvalue weighted by Gasteiger charge is 2.16. The Kier molecular flexibility index (Phi) is 11.5. The molecule has 0 radical (unpaired) electrons. The normalized spacial score (nSPS) is 12.1. The van der Waals surface area contributed by atoms with Crippen LogP contribution >= 0.6 is 24.0 Å². The molecule has 0 aromatic heterocycles. The summed E-state index contributed by atoms with van der Waals surface area (Å²) in [4.78, 5) is 18.1. The van der Waals surface area contributed by atoms with Crippen LogP contribution in [0.4, 0.5) is 0 Å². The molecule has 0 saturated carbocycles. The Bertz CT molecular complexity index is 806. The molecule has 1 atom stereocenters. The number of hydrogen-bond acceptors (Lipinski definition) is 2. The third-order valence-corrected chi connectivity index (χ3v) is 5.03. The van der Waals surface area contributed by atoms with Crippen molar-refractivity contribution in [3.63, 3.8) is 0 Å². The fourth-order valence-electron chi connectivity index (χ4n) is 3.31. The van der Waals surface area contributed by atoms with E-state index in [1.807, 2.05) is 18.2 Å². The van der Waals surface area contributed by atoms with Crippen LogP contribution in [0.25, 0.3) is 0 Å². The standard InChI is InChI=1S/C24H34N4O.HI/c1-18(2)22(20-11-7-6-8-12-20)17-27-24(25-3)26-15-14-19-10-9-13-21(16-19)23(29)28(4)5;/h6-13,16,18,22H,14-15,17H2,1-5H3,(H2,25,26,27);1H. The molecule has 6 heteroatoms. The number of nitrogens with one attached hydrogen (secondary N) is 2. The topological polar surface area (TPSA) is 56.7 Å². The molecule has 0 spiro atoms. The number of nitrogens with zero attached hydrogens (tertiary/aromatic N) is 2. The average molecular weight is 522 g/mol. The smallest absolute Gasteiger partial charge is 0.253 e. The zero-order valence-electron chi connectivity index (χ0n) is 18.7. The highest BCUT2D eigenvalue weighted by Crippen LogP contribution is 2.23. The van der Waals surface area contributed by atoms with E-state index in [1.165, 1.54) is 5.56 Å². The maximum absolute atomic E-state index is 12.1. The van der Waals surface area contributed by atoms with Crippen LogP contribution in [0, 0.1) is 5.92 Å². The van der Waals surface area contributed by atoms with Gasteiger partial charge in [-0.05, 0) is 35.6 Å². The lowest BCUT2D eigenvalue weighted by Crippen LogP contribution is -2.40. The molecule has 2 aromatic rings. The van der Waals surface area contributed by atoms with Crippen molar-refractivity contribution in [2.24, 2.45) is 10.9 Å². The quantitative estimate of drug-likeness (QED) is 0.311. The highest BCUT2D eigenvalue weighted by molar-refractivity contribution is 14.0. The molecule has 0 aliphatic carbocycles. The zero-order chi connectivity index (χ0) is 21.2. The first-order valence-corrected chi connectivity index (χ1v) is 10.2. The highest BCUT2D eigenvalue weighted by atomic mass is 127. The van der Waals surface area contributed by atoms with Crippen LogP contribution in [0.3, 0.4) is 0 Å². The van der Waals surface area contributed by atoms with E-state index in [1.54, 1.807) is 26.0 Å². The van der Waals surface area contributed by atoms with Crippen LogP contribution in [0.1, 0.15) is 41.3 Å². The van der Waals surface area contributed by atoms with Crippen LogP contribution in [0.15, 0.2) is 59.6 Å².